The number of ketones is 1. The monoisotopic (exact) mass is 252 g/mol. The van der Waals surface area contributed by atoms with Gasteiger partial charge in [-0.1, -0.05) is 15.9 Å². The molecule has 0 bridgehead atoms. The number of Topliss-reactive ketones (excluding diaryl/α,β-unsaturated/α-hetero) is 1. The van der Waals surface area contributed by atoms with Crippen molar-refractivity contribution < 1.29 is 4.79 Å². The van der Waals surface area contributed by atoms with Crippen LogP contribution < -0.4 is 5.73 Å². The van der Waals surface area contributed by atoms with Gasteiger partial charge in [-0.2, -0.15) is 0 Å². The smallest absolute Gasteiger partial charge is 0.178 e. The highest BCUT2D eigenvalue weighted by molar-refractivity contribution is 9.10. The largest absolute Gasteiger partial charge is 0.361 e. The fraction of sp³-hybridized carbons (Fsp3) is 0.100. The van der Waals surface area contributed by atoms with E-state index in [-0.39, 0.29) is 12.3 Å². The third kappa shape index (κ3) is 1.47. The summed E-state index contributed by atoms with van der Waals surface area (Å²) in [7, 11) is 0. The molecule has 2 rings (SSSR count). The van der Waals surface area contributed by atoms with Crippen LogP contribution in [0.4, 0.5) is 0 Å². The molecule has 0 aliphatic heterocycles. The normalized spacial score (nSPS) is 10.7. The molecule has 1 aromatic carbocycles. The van der Waals surface area contributed by atoms with E-state index in [1.54, 1.807) is 6.07 Å². The highest BCUT2D eigenvalue weighted by Gasteiger charge is 2.10. The maximum Gasteiger partial charge on any atom is 0.178 e. The van der Waals surface area contributed by atoms with Gasteiger partial charge in [0.25, 0.3) is 0 Å². The lowest BCUT2D eigenvalue weighted by Gasteiger charge is -2.01. The minimum absolute atomic E-state index is 0.0323. The zero-order valence-electron chi connectivity index (χ0n) is 7.38. The first-order valence-corrected chi connectivity index (χ1v) is 5.01. The average Bonchev–Trinajstić information content (AvgIpc) is 2.62. The van der Waals surface area contributed by atoms with E-state index in [0.29, 0.717) is 5.56 Å². The summed E-state index contributed by atoms with van der Waals surface area (Å²) in [6.45, 7) is 0.0323. The third-order valence-corrected chi connectivity index (χ3v) is 2.57. The van der Waals surface area contributed by atoms with Gasteiger partial charge in [-0.3, -0.25) is 4.79 Å². The highest BCUT2D eigenvalue weighted by atomic mass is 79.9. The summed E-state index contributed by atoms with van der Waals surface area (Å²) in [4.78, 5) is 14.5. The second-order valence-corrected chi connectivity index (χ2v) is 3.94. The number of fused-ring (bicyclic) bond motifs is 1. The van der Waals surface area contributed by atoms with Crippen LogP contribution in [0.15, 0.2) is 28.9 Å². The minimum Gasteiger partial charge on any atom is -0.361 e. The Morgan fingerprint density at radius 2 is 2.29 bits per heavy atom. The molecule has 0 fully saturated rings. The van der Waals surface area contributed by atoms with Gasteiger partial charge in [0.05, 0.1) is 12.1 Å². The van der Waals surface area contributed by atoms with E-state index in [9.17, 15) is 4.79 Å². The minimum atomic E-state index is -0.0567. The second kappa shape index (κ2) is 3.55. The Bertz CT molecular complexity index is 490. The first-order valence-electron chi connectivity index (χ1n) is 4.22. The van der Waals surface area contributed by atoms with Crippen LogP contribution in [0, 0.1) is 0 Å². The molecule has 2 aromatic rings. The van der Waals surface area contributed by atoms with E-state index in [1.807, 2.05) is 18.3 Å². The molecule has 0 spiro atoms. The number of nitrogens with two attached hydrogens (primary N) is 1. The molecule has 0 saturated heterocycles. The SMILES string of the molecule is NCC(=O)c1cc(Br)cc2cc[nH]c12. The van der Waals surface area contributed by atoms with E-state index in [4.69, 9.17) is 5.73 Å². The van der Waals surface area contributed by atoms with Crippen molar-refractivity contribution in [2.45, 2.75) is 0 Å². The van der Waals surface area contributed by atoms with Gasteiger partial charge in [0.15, 0.2) is 5.78 Å². The van der Waals surface area contributed by atoms with Gasteiger partial charge >= 0.3 is 0 Å². The molecule has 1 aromatic heterocycles. The zero-order valence-corrected chi connectivity index (χ0v) is 8.97. The quantitative estimate of drug-likeness (QED) is 0.805. The van der Waals surface area contributed by atoms with Gasteiger partial charge in [-0.15, -0.1) is 0 Å². The number of carbonyl (C=O) groups excluding carboxylic acids is 1. The Balaban J connectivity index is 2.72. The number of H-pyrrole nitrogens is 1. The Labute approximate surface area is 89.4 Å². The van der Waals surface area contributed by atoms with Crippen LogP contribution in [0.2, 0.25) is 0 Å². The standard InChI is InChI=1S/C10H9BrN2O/c11-7-3-6-1-2-13-10(6)8(4-7)9(14)5-12/h1-4,13H,5,12H2. The first-order chi connectivity index (χ1) is 6.72. The lowest BCUT2D eigenvalue weighted by atomic mass is 10.1. The van der Waals surface area contributed by atoms with Crippen LogP contribution >= 0.6 is 15.9 Å². The predicted octanol–water partition coefficient (Wildman–Crippen LogP) is 2.07. The number of hydrogen-bond donors (Lipinski definition) is 2. The molecule has 72 valence electrons. The molecule has 0 unspecified atom stereocenters. The van der Waals surface area contributed by atoms with Crippen LogP contribution in [0.25, 0.3) is 10.9 Å². The summed E-state index contributed by atoms with van der Waals surface area (Å²) in [5.74, 6) is -0.0567. The predicted molar refractivity (Wildman–Crippen MR) is 59.4 cm³/mol. The fourth-order valence-electron chi connectivity index (χ4n) is 1.47. The van der Waals surface area contributed by atoms with Crippen LogP contribution in [0.5, 0.6) is 0 Å². The molecule has 0 atom stereocenters. The highest BCUT2D eigenvalue weighted by Crippen LogP contribution is 2.23. The van der Waals surface area contributed by atoms with E-state index >= 15 is 0 Å². The Morgan fingerprint density at radius 3 is 3.00 bits per heavy atom. The maximum absolute atomic E-state index is 11.5. The molecule has 14 heavy (non-hydrogen) atoms. The number of rotatable bonds is 2. The molecule has 3 N–H and O–H groups in total. The third-order valence-electron chi connectivity index (χ3n) is 2.11. The molecule has 0 aliphatic carbocycles. The summed E-state index contributed by atoms with van der Waals surface area (Å²) in [5, 5.41) is 1.01. The van der Waals surface area contributed by atoms with Crippen molar-refractivity contribution in [3.8, 4) is 0 Å². The van der Waals surface area contributed by atoms with Crippen molar-refractivity contribution in [1.29, 1.82) is 0 Å². The molecule has 0 amide bonds. The summed E-state index contributed by atoms with van der Waals surface area (Å²) in [5.41, 5.74) is 6.83. The molecular formula is C10H9BrN2O. The van der Waals surface area contributed by atoms with Crippen molar-refractivity contribution in [2.24, 2.45) is 5.73 Å². The van der Waals surface area contributed by atoms with Crippen molar-refractivity contribution in [1.82, 2.24) is 4.98 Å². The lowest BCUT2D eigenvalue weighted by Crippen LogP contribution is -2.13. The van der Waals surface area contributed by atoms with E-state index in [0.717, 1.165) is 15.4 Å². The Hall–Kier alpha value is -1.13. The number of nitrogens with one attached hydrogen (secondary N) is 1. The molecule has 3 nitrogen and oxygen atoms in total. The number of carbonyl (C=O) groups is 1. The van der Waals surface area contributed by atoms with E-state index in [2.05, 4.69) is 20.9 Å². The Morgan fingerprint density at radius 1 is 1.50 bits per heavy atom. The molecular weight excluding hydrogens is 244 g/mol. The zero-order chi connectivity index (χ0) is 10.1. The Kier molecular flexibility index (Phi) is 2.39. The summed E-state index contributed by atoms with van der Waals surface area (Å²) in [6, 6.07) is 5.67. The second-order valence-electron chi connectivity index (χ2n) is 3.02. The number of hydrogen-bond acceptors (Lipinski definition) is 2. The van der Waals surface area contributed by atoms with Gasteiger partial charge in [-0.25, -0.2) is 0 Å². The van der Waals surface area contributed by atoms with Crippen molar-refractivity contribution in [2.75, 3.05) is 6.54 Å². The summed E-state index contributed by atoms with van der Waals surface area (Å²) < 4.78 is 0.890. The van der Waals surface area contributed by atoms with Gasteiger partial charge in [0, 0.05) is 21.6 Å². The van der Waals surface area contributed by atoms with Crippen LogP contribution in [-0.2, 0) is 0 Å². The van der Waals surface area contributed by atoms with Crippen LogP contribution in [0.3, 0.4) is 0 Å². The number of halogens is 1. The summed E-state index contributed by atoms with van der Waals surface area (Å²) in [6.07, 6.45) is 1.81. The van der Waals surface area contributed by atoms with Crippen molar-refractivity contribution in [3.63, 3.8) is 0 Å². The summed E-state index contributed by atoms with van der Waals surface area (Å²) >= 11 is 3.36. The molecule has 4 heteroatoms. The van der Waals surface area contributed by atoms with Gasteiger partial charge in [-0.05, 0) is 18.2 Å². The topological polar surface area (TPSA) is 58.9 Å². The van der Waals surface area contributed by atoms with Gasteiger partial charge < -0.3 is 10.7 Å². The van der Waals surface area contributed by atoms with E-state index < -0.39 is 0 Å². The van der Waals surface area contributed by atoms with Gasteiger partial charge in [0.2, 0.25) is 0 Å². The van der Waals surface area contributed by atoms with Crippen molar-refractivity contribution >= 4 is 32.6 Å². The molecule has 0 aliphatic rings. The van der Waals surface area contributed by atoms with Crippen LogP contribution in [-0.4, -0.2) is 17.3 Å². The van der Waals surface area contributed by atoms with Crippen molar-refractivity contribution in [3.05, 3.63) is 34.4 Å². The number of aromatic amines is 1. The van der Waals surface area contributed by atoms with E-state index in [1.165, 1.54) is 0 Å². The first kappa shape index (κ1) is 9.43. The fourth-order valence-corrected chi connectivity index (χ4v) is 1.94. The molecule has 0 radical (unpaired) electrons. The number of benzene rings is 1. The lowest BCUT2D eigenvalue weighted by molar-refractivity contribution is 0.100. The van der Waals surface area contributed by atoms with Gasteiger partial charge in [0.1, 0.15) is 0 Å². The average molecular weight is 253 g/mol. The maximum atomic E-state index is 11.5. The molecule has 0 saturated carbocycles. The van der Waals surface area contributed by atoms with Crippen LogP contribution in [0.1, 0.15) is 10.4 Å². The number of aromatic nitrogens is 1. The molecule has 1 heterocycles.